The van der Waals surface area contributed by atoms with Crippen LogP contribution in [0.1, 0.15) is 51.7 Å². The van der Waals surface area contributed by atoms with Crippen molar-refractivity contribution < 1.29 is 14.3 Å². The van der Waals surface area contributed by atoms with E-state index in [4.69, 9.17) is 9.47 Å². The van der Waals surface area contributed by atoms with E-state index in [1.54, 1.807) is 0 Å². The molecule has 3 heteroatoms. The predicted molar refractivity (Wildman–Crippen MR) is 103 cm³/mol. The Morgan fingerprint density at radius 2 is 1.84 bits per heavy atom. The number of rotatable bonds is 9. The van der Waals surface area contributed by atoms with Crippen molar-refractivity contribution in [2.45, 2.75) is 51.7 Å². The van der Waals surface area contributed by atoms with Gasteiger partial charge < -0.3 is 9.47 Å². The smallest absolute Gasteiger partial charge is 0.330 e. The molecule has 0 N–H and O–H groups in total. The van der Waals surface area contributed by atoms with Crippen molar-refractivity contribution in [2.24, 2.45) is 0 Å². The van der Waals surface area contributed by atoms with E-state index in [2.05, 4.69) is 43.8 Å². The van der Waals surface area contributed by atoms with Gasteiger partial charge >= 0.3 is 5.97 Å². The summed E-state index contributed by atoms with van der Waals surface area (Å²) in [6.45, 7) is 10.1. The molecule has 0 saturated carbocycles. The number of esters is 1. The van der Waals surface area contributed by atoms with Crippen molar-refractivity contribution in [3.63, 3.8) is 0 Å². The molecule has 1 unspecified atom stereocenters. The Balaban J connectivity index is 1.98. The quantitative estimate of drug-likeness (QED) is 0.440. The molecule has 0 bridgehead atoms. The molecule has 0 amide bonds. The largest absolute Gasteiger partial charge is 0.456 e. The Morgan fingerprint density at radius 1 is 1.16 bits per heavy atom. The minimum atomic E-state index is -0.478. The normalized spacial score (nSPS) is 12.8. The Labute approximate surface area is 150 Å². The number of benzene rings is 2. The predicted octanol–water partition coefficient (Wildman–Crippen LogP) is 5.60. The molecular weight excluding hydrogens is 312 g/mol. The summed E-state index contributed by atoms with van der Waals surface area (Å²) in [6, 6.07) is 14.7. The van der Waals surface area contributed by atoms with E-state index >= 15 is 0 Å². The average molecular weight is 340 g/mol. The monoisotopic (exact) mass is 340 g/mol. The summed E-state index contributed by atoms with van der Waals surface area (Å²) >= 11 is 0. The van der Waals surface area contributed by atoms with Gasteiger partial charge in [-0.15, -0.1) is 0 Å². The molecule has 1 atom stereocenters. The van der Waals surface area contributed by atoms with Crippen LogP contribution in [0.15, 0.2) is 55.1 Å². The Morgan fingerprint density at radius 3 is 2.48 bits per heavy atom. The van der Waals surface area contributed by atoms with Gasteiger partial charge in [-0.05, 0) is 42.2 Å². The van der Waals surface area contributed by atoms with Crippen molar-refractivity contribution in [2.75, 3.05) is 6.61 Å². The van der Waals surface area contributed by atoms with E-state index in [-0.39, 0.29) is 12.1 Å². The van der Waals surface area contributed by atoms with Crippen molar-refractivity contribution in [3.8, 4) is 0 Å². The summed E-state index contributed by atoms with van der Waals surface area (Å²) in [5.41, 5.74) is 0.675. The summed E-state index contributed by atoms with van der Waals surface area (Å²) in [5.74, 6) is -0.369. The maximum atomic E-state index is 11.6. The molecule has 0 aromatic heterocycles. The van der Waals surface area contributed by atoms with Crippen molar-refractivity contribution in [1.29, 1.82) is 0 Å². The van der Waals surface area contributed by atoms with Crippen LogP contribution in [0.4, 0.5) is 0 Å². The Hall–Kier alpha value is -2.13. The highest BCUT2D eigenvalue weighted by molar-refractivity contribution is 5.83. The minimum Gasteiger partial charge on any atom is -0.456 e. The number of fused-ring (bicyclic) bond motifs is 1. The molecule has 0 radical (unpaired) electrons. The number of hydrogen-bond donors (Lipinski definition) is 0. The van der Waals surface area contributed by atoms with Crippen LogP contribution in [0, 0.1) is 0 Å². The van der Waals surface area contributed by atoms with Crippen LogP contribution in [-0.2, 0) is 14.3 Å². The maximum absolute atomic E-state index is 11.6. The van der Waals surface area contributed by atoms with Gasteiger partial charge in [-0.2, -0.15) is 0 Å². The van der Waals surface area contributed by atoms with Crippen LogP contribution in [0.3, 0.4) is 0 Å². The van der Waals surface area contributed by atoms with Crippen LogP contribution in [0.2, 0.25) is 0 Å². The van der Waals surface area contributed by atoms with E-state index in [1.165, 1.54) is 16.8 Å². The lowest BCUT2D eigenvalue weighted by atomic mass is 9.93. The first kappa shape index (κ1) is 19.2. The molecule has 0 spiro atoms. The Kier molecular flexibility index (Phi) is 6.77. The summed E-state index contributed by atoms with van der Waals surface area (Å²) in [4.78, 5) is 11.6. The minimum absolute atomic E-state index is 0.00822. The van der Waals surface area contributed by atoms with Crippen LogP contribution in [0.5, 0.6) is 0 Å². The molecule has 2 aromatic rings. The number of carbonyl (C=O) groups is 1. The van der Waals surface area contributed by atoms with Crippen LogP contribution >= 0.6 is 0 Å². The van der Waals surface area contributed by atoms with E-state index < -0.39 is 5.60 Å². The standard InChI is InChI=1S/C22H28O3/c1-5-21(23)25-22(6-2,7-3)14-15-24-17(4)19-13-12-18-10-8-9-11-20(18)16-19/h5,8-13,16-17H,1,6-7,14-15H2,2-4H3. The molecule has 2 aromatic carbocycles. The fraction of sp³-hybridized carbons (Fsp3) is 0.409. The zero-order valence-electron chi connectivity index (χ0n) is 15.5. The third kappa shape index (κ3) is 4.93. The third-order valence-corrected chi connectivity index (χ3v) is 4.94. The van der Waals surface area contributed by atoms with E-state index in [0.29, 0.717) is 13.0 Å². The van der Waals surface area contributed by atoms with Crippen molar-refractivity contribution in [3.05, 3.63) is 60.7 Å². The van der Waals surface area contributed by atoms with E-state index in [9.17, 15) is 4.79 Å². The molecule has 25 heavy (non-hydrogen) atoms. The van der Waals surface area contributed by atoms with Crippen molar-refractivity contribution >= 4 is 16.7 Å². The second-order valence-electron chi connectivity index (χ2n) is 6.38. The lowest BCUT2D eigenvalue weighted by Gasteiger charge is -2.31. The SMILES string of the molecule is C=CC(=O)OC(CC)(CC)CCOC(C)c1ccc2ccccc2c1. The second-order valence-corrected chi connectivity index (χ2v) is 6.38. The second kappa shape index (κ2) is 8.82. The molecule has 3 nitrogen and oxygen atoms in total. The molecule has 2 rings (SSSR count). The number of carbonyl (C=O) groups excluding carboxylic acids is 1. The van der Waals surface area contributed by atoms with E-state index in [0.717, 1.165) is 18.4 Å². The van der Waals surface area contributed by atoms with Gasteiger partial charge in [0.2, 0.25) is 0 Å². The summed E-state index contributed by atoms with van der Waals surface area (Å²) in [5, 5.41) is 2.44. The fourth-order valence-corrected chi connectivity index (χ4v) is 3.03. The molecule has 0 heterocycles. The lowest BCUT2D eigenvalue weighted by Crippen LogP contribution is -2.34. The topological polar surface area (TPSA) is 35.5 Å². The van der Waals surface area contributed by atoms with Crippen LogP contribution in [0.25, 0.3) is 10.8 Å². The first-order valence-electron chi connectivity index (χ1n) is 8.99. The molecule has 0 aliphatic heterocycles. The highest BCUT2D eigenvalue weighted by atomic mass is 16.6. The first-order chi connectivity index (χ1) is 12.0. The van der Waals surface area contributed by atoms with Crippen LogP contribution < -0.4 is 0 Å². The highest BCUT2D eigenvalue weighted by Crippen LogP contribution is 2.27. The highest BCUT2D eigenvalue weighted by Gasteiger charge is 2.29. The van der Waals surface area contributed by atoms with Gasteiger partial charge in [-0.3, -0.25) is 0 Å². The zero-order valence-corrected chi connectivity index (χ0v) is 15.5. The zero-order chi connectivity index (χ0) is 18.3. The van der Waals surface area contributed by atoms with E-state index in [1.807, 2.05) is 26.0 Å². The van der Waals surface area contributed by atoms with Crippen LogP contribution in [-0.4, -0.2) is 18.2 Å². The molecule has 0 aliphatic carbocycles. The van der Waals surface area contributed by atoms with Gasteiger partial charge in [0.05, 0.1) is 12.7 Å². The van der Waals surface area contributed by atoms with Gasteiger partial charge in [0.25, 0.3) is 0 Å². The Bertz CT molecular complexity index is 716. The molecular formula is C22H28O3. The van der Waals surface area contributed by atoms with Gasteiger partial charge in [0, 0.05) is 12.5 Å². The van der Waals surface area contributed by atoms with Gasteiger partial charge in [-0.25, -0.2) is 4.79 Å². The summed E-state index contributed by atoms with van der Waals surface area (Å²) in [7, 11) is 0. The van der Waals surface area contributed by atoms with Crippen molar-refractivity contribution in [1.82, 2.24) is 0 Å². The van der Waals surface area contributed by atoms with Gasteiger partial charge in [0.1, 0.15) is 5.60 Å². The lowest BCUT2D eigenvalue weighted by molar-refractivity contribution is -0.157. The van der Waals surface area contributed by atoms with Gasteiger partial charge in [0.15, 0.2) is 0 Å². The first-order valence-corrected chi connectivity index (χ1v) is 8.99. The summed E-state index contributed by atoms with van der Waals surface area (Å²) in [6.07, 6.45) is 3.41. The molecule has 0 aliphatic rings. The molecule has 134 valence electrons. The number of hydrogen-bond acceptors (Lipinski definition) is 3. The third-order valence-electron chi connectivity index (χ3n) is 4.94. The summed E-state index contributed by atoms with van der Waals surface area (Å²) < 4.78 is 11.6. The fourth-order valence-electron chi connectivity index (χ4n) is 3.03. The van der Waals surface area contributed by atoms with Gasteiger partial charge in [-0.1, -0.05) is 56.8 Å². The number of ether oxygens (including phenoxy) is 2. The molecule has 0 fully saturated rings. The molecule has 0 saturated heterocycles. The maximum Gasteiger partial charge on any atom is 0.330 e. The average Bonchev–Trinajstić information content (AvgIpc) is 2.66.